The lowest BCUT2D eigenvalue weighted by Crippen LogP contribution is -2.43. The van der Waals surface area contributed by atoms with Crippen LogP contribution in [0.1, 0.15) is 62.5 Å². The summed E-state index contributed by atoms with van der Waals surface area (Å²) >= 11 is 0. The fourth-order valence-electron chi connectivity index (χ4n) is 5.14. The van der Waals surface area contributed by atoms with Crippen molar-refractivity contribution in [1.29, 1.82) is 0 Å². The average molecular weight is 284 g/mol. The summed E-state index contributed by atoms with van der Waals surface area (Å²) in [6.45, 7) is 2.31. The summed E-state index contributed by atoms with van der Waals surface area (Å²) in [7, 11) is 0. The molecule has 1 aromatic rings. The Labute approximate surface area is 128 Å². The van der Waals surface area contributed by atoms with Crippen LogP contribution in [0, 0.1) is 5.41 Å². The van der Waals surface area contributed by atoms with Gasteiger partial charge in [0, 0.05) is 24.8 Å². The van der Waals surface area contributed by atoms with Gasteiger partial charge in [0.2, 0.25) is 0 Å². The summed E-state index contributed by atoms with van der Waals surface area (Å²) in [5, 5.41) is 0. The van der Waals surface area contributed by atoms with Crippen molar-refractivity contribution in [2.45, 2.75) is 70.4 Å². The van der Waals surface area contributed by atoms with Crippen LogP contribution < -0.4 is 5.73 Å². The Morgan fingerprint density at radius 3 is 2.57 bits per heavy atom. The van der Waals surface area contributed by atoms with E-state index in [0.717, 1.165) is 23.7 Å². The molecule has 114 valence electrons. The minimum Gasteiger partial charge on any atom is -0.398 e. The molecule has 0 bridgehead atoms. The van der Waals surface area contributed by atoms with E-state index in [0.29, 0.717) is 0 Å². The number of nitrogens with two attached hydrogens (primary N) is 1. The number of nitrogens with zero attached hydrogens (tertiary/aromatic N) is 1. The van der Waals surface area contributed by atoms with Crippen molar-refractivity contribution in [3.63, 3.8) is 0 Å². The van der Waals surface area contributed by atoms with Crippen molar-refractivity contribution in [2.24, 2.45) is 5.41 Å². The van der Waals surface area contributed by atoms with Crippen LogP contribution in [0.3, 0.4) is 0 Å². The van der Waals surface area contributed by atoms with Gasteiger partial charge in [-0.3, -0.25) is 4.90 Å². The molecule has 2 nitrogen and oxygen atoms in total. The van der Waals surface area contributed by atoms with Crippen molar-refractivity contribution in [3.05, 3.63) is 29.3 Å². The lowest BCUT2D eigenvalue weighted by molar-refractivity contribution is 0.0824. The first-order valence-corrected chi connectivity index (χ1v) is 8.86. The van der Waals surface area contributed by atoms with E-state index in [9.17, 15) is 0 Å². The molecule has 1 spiro atoms. The summed E-state index contributed by atoms with van der Waals surface area (Å²) < 4.78 is 0. The molecule has 0 unspecified atom stereocenters. The maximum Gasteiger partial charge on any atom is 0.0362 e. The zero-order chi connectivity index (χ0) is 14.3. The lowest BCUT2D eigenvalue weighted by Gasteiger charge is -2.43. The Morgan fingerprint density at radius 2 is 1.81 bits per heavy atom. The summed E-state index contributed by atoms with van der Waals surface area (Å²) in [5.41, 5.74) is 10.8. The second-order valence-electron chi connectivity index (χ2n) is 7.64. The molecule has 21 heavy (non-hydrogen) atoms. The van der Waals surface area contributed by atoms with Gasteiger partial charge in [-0.2, -0.15) is 0 Å². The highest BCUT2D eigenvalue weighted by atomic mass is 15.2. The maximum absolute atomic E-state index is 6.20. The number of anilines is 1. The van der Waals surface area contributed by atoms with Crippen LogP contribution in [0.5, 0.6) is 0 Å². The minimum absolute atomic E-state index is 0.753. The predicted molar refractivity (Wildman–Crippen MR) is 88.1 cm³/mol. The third kappa shape index (κ3) is 2.48. The van der Waals surface area contributed by atoms with E-state index in [1.165, 1.54) is 75.5 Å². The molecule has 0 atom stereocenters. The van der Waals surface area contributed by atoms with E-state index >= 15 is 0 Å². The molecular weight excluding hydrogens is 256 g/mol. The third-order valence-corrected chi connectivity index (χ3v) is 6.54. The molecule has 2 N–H and O–H groups in total. The molecule has 1 aromatic carbocycles. The van der Waals surface area contributed by atoms with Gasteiger partial charge in [-0.15, -0.1) is 0 Å². The van der Waals surface area contributed by atoms with Crippen LogP contribution in [-0.2, 0) is 13.0 Å². The second kappa shape index (κ2) is 5.31. The van der Waals surface area contributed by atoms with E-state index in [1.807, 2.05) is 0 Å². The monoisotopic (exact) mass is 284 g/mol. The Morgan fingerprint density at radius 1 is 1.05 bits per heavy atom. The SMILES string of the molecule is Nc1cccc2c1CN(C1CCC3(CCCC3)CC1)CC2. The zero-order valence-electron chi connectivity index (χ0n) is 13.1. The third-order valence-electron chi connectivity index (χ3n) is 6.54. The number of benzene rings is 1. The summed E-state index contributed by atoms with van der Waals surface area (Å²) in [5.74, 6) is 0. The number of hydrogen-bond donors (Lipinski definition) is 1. The molecule has 0 amide bonds. The first kappa shape index (κ1) is 13.6. The first-order valence-electron chi connectivity index (χ1n) is 8.86. The smallest absolute Gasteiger partial charge is 0.0362 e. The highest BCUT2D eigenvalue weighted by molar-refractivity contribution is 5.51. The molecule has 0 saturated heterocycles. The normalized spacial score (nSPS) is 26.1. The zero-order valence-corrected chi connectivity index (χ0v) is 13.1. The van der Waals surface area contributed by atoms with Crippen molar-refractivity contribution in [2.75, 3.05) is 12.3 Å². The van der Waals surface area contributed by atoms with Gasteiger partial charge in [-0.1, -0.05) is 25.0 Å². The van der Waals surface area contributed by atoms with Gasteiger partial charge in [-0.05, 0) is 67.6 Å². The van der Waals surface area contributed by atoms with Crippen LogP contribution in [-0.4, -0.2) is 17.5 Å². The first-order chi connectivity index (χ1) is 10.3. The van der Waals surface area contributed by atoms with Crippen molar-refractivity contribution in [3.8, 4) is 0 Å². The number of hydrogen-bond acceptors (Lipinski definition) is 2. The second-order valence-corrected chi connectivity index (χ2v) is 7.64. The van der Waals surface area contributed by atoms with Crippen LogP contribution in [0.2, 0.25) is 0 Å². The molecule has 2 aliphatic carbocycles. The summed E-state index contributed by atoms with van der Waals surface area (Å²) in [4.78, 5) is 2.72. The largest absolute Gasteiger partial charge is 0.398 e. The molecule has 3 aliphatic rings. The fraction of sp³-hybridized carbons (Fsp3) is 0.684. The highest BCUT2D eigenvalue weighted by Crippen LogP contribution is 2.49. The summed E-state index contributed by atoms with van der Waals surface area (Å²) in [6, 6.07) is 7.24. The molecule has 1 heterocycles. The molecule has 2 heteroatoms. The van der Waals surface area contributed by atoms with E-state index in [4.69, 9.17) is 5.73 Å². The van der Waals surface area contributed by atoms with Gasteiger partial charge in [0.25, 0.3) is 0 Å². The average Bonchev–Trinajstić information content (AvgIpc) is 2.97. The Hall–Kier alpha value is -1.02. The highest BCUT2D eigenvalue weighted by Gasteiger charge is 2.39. The van der Waals surface area contributed by atoms with Gasteiger partial charge >= 0.3 is 0 Å². The standard InChI is InChI=1S/C19H28N2/c20-18-5-3-4-15-8-13-21(14-17(15)18)16-6-11-19(12-7-16)9-1-2-10-19/h3-5,16H,1-2,6-14,20H2. The molecular formula is C19H28N2. The fourth-order valence-corrected chi connectivity index (χ4v) is 5.14. The number of nitrogen functional groups attached to an aromatic ring is 1. The van der Waals surface area contributed by atoms with Crippen molar-refractivity contribution >= 4 is 5.69 Å². The van der Waals surface area contributed by atoms with E-state index < -0.39 is 0 Å². The molecule has 1 aliphatic heterocycles. The van der Waals surface area contributed by atoms with Gasteiger partial charge in [0.1, 0.15) is 0 Å². The van der Waals surface area contributed by atoms with E-state index in [-0.39, 0.29) is 0 Å². The maximum atomic E-state index is 6.20. The number of rotatable bonds is 1. The van der Waals surface area contributed by atoms with Crippen LogP contribution in [0.4, 0.5) is 5.69 Å². The van der Waals surface area contributed by atoms with Crippen molar-refractivity contribution in [1.82, 2.24) is 4.90 Å². The van der Waals surface area contributed by atoms with Crippen LogP contribution >= 0.6 is 0 Å². The Bertz CT molecular complexity index is 506. The van der Waals surface area contributed by atoms with Gasteiger partial charge < -0.3 is 5.73 Å². The quantitative estimate of drug-likeness (QED) is 0.786. The summed E-state index contributed by atoms with van der Waals surface area (Å²) in [6.07, 6.45) is 13.0. The molecule has 0 aromatic heterocycles. The van der Waals surface area contributed by atoms with Crippen LogP contribution in [0.15, 0.2) is 18.2 Å². The molecule has 2 saturated carbocycles. The number of fused-ring (bicyclic) bond motifs is 1. The van der Waals surface area contributed by atoms with Gasteiger partial charge in [-0.25, -0.2) is 0 Å². The minimum atomic E-state index is 0.753. The van der Waals surface area contributed by atoms with Crippen molar-refractivity contribution < 1.29 is 0 Å². The molecule has 0 radical (unpaired) electrons. The van der Waals surface area contributed by atoms with Gasteiger partial charge in [0.05, 0.1) is 0 Å². The van der Waals surface area contributed by atoms with Crippen LogP contribution in [0.25, 0.3) is 0 Å². The van der Waals surface area contributed by atoms with E-state index in [1.54, 1.807) is 0 Å². The lowest BCUT2D eigenvalue weighted by atomic mass is 9.71. The molecule has 2 fully saturated rings. The topological polar surface area (TPSA) is 29.3 Å². The van der Waals surface area contributed by atoms with Gasteiger partial charge in [0.15, 0.2) is 0 Å². The Balaban J connectivity index is 1.43. The predicted octanol–water partition coefficient (Wildman–Crippen LogP) is 4.13. The van der Waals surface area contributed by atoms with E-state index in [2.05, 4.69) is 23.1 Å². The molecule has 4 rings (SSSR count). The Kier molecular flexibility index (Phi) is 3.45.